The van der Waals surface area contributed by atoms with E-state index in [0.717, 1.165) is 28.7 Å². The lowest BCUT2D eigenvalue weighted by Gasteiger charge is -2.21. The number of nitrogens with zero attached hydrogens (tertiary/aromatic N) is 4. The van der Waals surface area contributed by atoms with Gasteiger partial charge >= 0.3 is 0 Å². The van der Waals surface area contributed by atoms with Crippen LogP contribution in [-0.2, 0) is 6.42 Å². The monoisotopic (exact) mass is 700 g/mol. The predicted octanol–water partition coefficient (Wildman–Crippen LogP) is 13.3. The molecule has 5 aromatic heterocycles. The molecule has 5 heterocycles. The van der Waals surface area contributed by atoms with Gasteiger partial charge in [0.1, 0.15) is 5.82 Å². The summed E-state index contributed by atoms with van der Waals surface area (Å²) >= 11 is 0. The lowest BCUT2D eigenvalue weighted by atomic mass is 10.00. The highest BCUT2D eigenvalue weighted by molar-refractivity contribution is 6.36. The molecule has 0 saturated carbocycles. The smallest absolute Gasteiger partial charge is 0.143 e. The van der Waals surface area contributed by atoms with Crippen molar-refractivity contribution >= 4 is 103 Å². The van der Waals surface area contributed by atoms with Crippen molar-refractivity contribution in [3.8, 4) is 11.5 Å². The molecule has 8 aromatic carbocycles. The first-order valence-corrected chi connectivity index (χ1v) is 19.2. The highest BCUT2D eigenvalue weighted by atomic mass is 15.1. The molecule has 55 heavy (non-hydrogen) atoms. The first-order valence-electron chi connectivity index (χ1n) is 19.2. The third-order valence-electron chi connectivity index (χ3n) is 12.3. The molecule has 4 nitrogen and oxygen atoms in total. The van der Waals surface area contributed by atoms with E-state index < -0.39 is 0 Å². The summed E-state index contributed by atoms with van der Waals surface area (Å²) < 4.78 is 7.52. The van der Waals surface area contributed by atoms with Crippen molar-refractivity contribution in [2.24, 2.45) is 0 Å². The molecule has 0 atom stereocenters. The second-order valence-electron chi connectivity index (χ2n) is 14.9. The van der Waals surface area contributed by atoms with E-state index >= 15 is 0 Å². The molecule has 0 radical (unpaired) electrons. The normalized spacial score (nSPS) is 12.5. The van der Waals surface area contributed by atoms with Crippen molar-refractivity contribution in [3.63, 3.8) is 0 Å². The summed E-state index contributed by atoms with van der Waals surface area (Å²) in [6, 6.07) is 60.1. The SMILES string of the molecule is CCc1c(-n2c3ccccc3c3cc4c5c6ccccc6ccc5n5c6ccccc6c(c32)c45)nc2ccccc2c1-n1c2ccccc2c2ccccc21. The largest absolute Gasteiger partial charge is 0.308 e. The summed E-state index contributed by atoms with van der Waals surface area (Å²) in [6.07, 6.45) is 0.803. The van der Waals surface area contributed by atoms with Gasteiger partial charge in [-0.15, -0.1) is 0 Å². The average Bonchev–Trinajstić information content (AvgIpc) is 3.97. The van der Waals surface area contributed by atoms with Crippen LogP contribution in [0.5, 0.6) is 0 Å². The maximum atomic E-state index is 5.67. The molecule has 0 aliphatic carbocycles. The maximum Gasteiger partial charge on any atom is 0.143 e. The van der Waals surface area contributed by atoms with Gasteiger partial charge in [-0.05, 0) is 59.7 Å². The van der Waals surface area contributed by atoms with Gasteiger partial charge in [0.05, 0.1) is 49.8 Å². The van der Waals surface area contributed by atoms with Gasteiger partial charge in [-0.25, -0.2) is 4.98 Å². The molecule has 0 aliphatic rings. The van der Waals surface area contributed by atoms with Crippen molar-refractivity contribution < 1.29 is 0 Å². The minimum Gasteiger partial charge on any atom is -0.308 e. The van der Waals surface area contributed by atoms with Crippen LogP contribution in [0.15, 0.2) is 164 Å². The van der Waals surface area contributed by atoms with Gasteiger partial charge in [-0.2, -0.15) is 0 Å². The van der Waals surface area contributed by atoms with Crippen LogP contribution in [0.1, 0.15) is 12.5 Å². The third-order valence-corrected chi connectivity index (χ3v) is 12.3. The van der Waals surface area contributed by atoms with E-state index in [2.05, 4.69) is 184 Å². The van der Waals surface area contributed by atoms with Crippen molar-refractivity contribution in [1.29, 1.82) is 0 Å². The zero-order chi connectivity index (χ0) is 35.9. The highest BCUT2D eigenvalue weighted by Crippen LogP contribution is 2.48. The van der Waals surface area contributed by atoms with Crippen molar-refractivity contribution in [2.75, 3.05) is 0 Å². The van der Waals surface area contributed by atoms with Crippen LogP contribution in [0.4, 0.5) is 0 Å². The van der Waals surface area contributed by atoms with E-state index in [-0.39, 0.29) is 0 Å². The highest BCUT2D eigenvalue weighted by Gasteiger charge is 2.28. The minimum absolute atomic E-state index is 0.803. The van der Waals surface area contributed by atoms with Crippen molar-refractivity contribution in [3.05, 3.63) is 169 Å². The molecule has 0 aliphatic heterocycles. The molecule has 0 fully saturated rings. The van der Waals surface area contributed by atoms with Crippen LogP contribution in [-0.4, -0.2) is 18.5 Å². The quantitative estimate of drug-likeness (QED) is 0.180. The van der Waals surface area contributed by atoms with Crippen molar-refractivity contribution in [2.45, 2.75) is 13.3 Å². The molecule has 0 amide bonds. The lowest BCUT2D eigenvalue weighted by molar-refractivity contribution is 0.993. The van der Waals surface area contributed by atoms with E-state index in [0.29, 0.717) is 0 Å². The third kappa shape index (κ3) is 3.59. The Hall–Kier alpha value is -7.17. The van der Waals surface area contributed by atoms with Gasteiger partial charge in [0.15, 0.2) is 0 Å². The van der Waals surface area contributed by atoms with Crippen LogP contribution in [0.25, 0.3) is 115 Å². The number of para-hydroxylation sites is 5. The Kier molecular flexibility index (Phi) is 5.59. The summed E-state index contributed by atoms with van der Waals surface area (Å²) in [6.45, 7) is 2.29. The first kappa shape index (κ1) is 29.3. The second kappa shape index (κ2) is 10.5. The number of hydrogen-bond acceptors (Lipinski definition) is 1. The molecular weight excluding hydrogens is 669 g/mol. The Morgan fingerprint density at radius 2 is 0.982 bits per heavy atom. The molecule has 13 rings (SSSR count). The Bertz CT molecular complexity index is 3710. The van der Waals surface area contributed by atoms with Gasteiger partial charge in [-0.3, -0.25) is 4.57 Å². The number of rotatable bonds is 3. The fourth-order valence-corrected chi connectivity index (χ4v) is 10.1. The zero-order valence-corrected chi connectivity index (χ0v) is 30.1. The second-order valence-corrected chi connectivity index (χ2v) is 14.9. The summed E-state index contributed by atoms with van der Waals surface area (Å²) in [5.74, 6) is 0.984. The molecule has 0 saturated heterocycles. The van der Waals surface area contributed by atoms with E-state index in [1.165, 1.54) is 98.2 Å². The first-order chi connectivity index (χ1) is 27.3. The molecule has 256 valence electrons. The minimum atomic E-state index is 0.803. The molecule has 0 spiro atoms. The molecular formula is C51H32N4. The molecule has 0 unspecified atom stereocenters. The van der Waals surface area contributed by atoms with E-state index in [9.17, 15) is 0 Å². The average molecular weight is 701 g/mol. The van der Waals surface area contributed by atoms with E-state index in [1.807, 2.05) is 0 Å². The van der Waals surface area contributed by atoms with Crippen LogP contribution in [0.2, 0.25) is 0 Å². The van der Waals surface area contributed by atoms with Gasteiger partial charge in [0, 0.05) is 54.0 Å². The molecule has 0 N–H and O–H groups in total. The molecule has 13 aromatic rings. The predicted molar refractivity (Wildman–Crippen MR) is 232 cm³/mol. The fourth-order valence-electron chi connectivity index (χ4n) is 10.1. The zero-order valence-electron chi connectivity index (χ0n) is 30.1. The summed E-state index contributed by atoms with van der Waals surface area (Å²) in [7, 11) is 0. The Labute approximate surface area is 315 Å². The van der Waals surface area contributed by atoms with Gasteiger partial charge < -0.3 is 8.97 Å². The fraction of sp³-hybridized carbons (Fsp3) is 0.0392. The number of benzene rings is 8. The van der Waals surface area contributed by atoms with E-state index in [4.69, 9.17) is 4.98 Å². The molecule has 4 heteroatoms. The number of hydrogen-bond donors (Lipinski definition) is 0. The summed E-state index contributed by atoms with van der Waals surface area (Å²) in [5.41, 5.74) is 11.9. The molecule has 0 bridgehead atoms. The van der Waals surface area contributed by atoms with Crippen molar-refractivity contribution in [1.82, 2.24) is 18.5 Å². The Morgan fingerprint density at radius 1 is 0.418 bits per heavy atom. The van der Waals surface area contributed by atoms with Crippen LogP contribution in [0, 0.1) is 0 Å². The maximum absolute atomic E-state index is 5.67. The van der Waals surface area contributed by atoms with Gasteiger partial charge in [0.25, 0.3) is 0 Å². The standard InChI is InChI=1S/C51H32N4/c1-2-31-48(53-41-23-11-6-17-33(41)34-18-7-12-24-42(34)53)36-20-5-10-22-40(36)52-51(31)55-43-25-13-8-19-35(43)38-29-39-46-32-16-4-3-15-30(32)27-28-45(46)54-44-26-14-9-21-37(44)47(49(38)55)50(39)54/h3-29H,2H2,1H3. The number of aromatic nitrogens is 4. The van der Waals surface area contributed by atoms with E-state index in [1.54, 1.807) is 0 Å². The Morgan fingerprint density at radius 3 is 1.69 bits per heavy atom. The van der Waals surface area contributed by atoms with Gasteiger partial charge in [0.2, 0.25) is 0 Å². The summed E-state index contributed by atoms with van der Waals surface area (Å²) in [5, 5.41) is 13.8. The topological polar surface area (TPSA) is 27.2 Å². The lowest BCUT2D eigenvalue weighted by Crippen LogP contribution is -2.09. The van der Waals surface area contributed by atoms with Gasteiger partial charge in [-0.1, -0.05) is 128 Å². The van der Waals surface area contributed by atoms with Crippen LogP contribution < -0.4 is 0 Å². The van der Waals surface area contributed by atoms with Crippen LogP contribution >= 0.6 is 0 Å². The summed E-state index contributed by atoms with van der Waals surface area (Å²) in [4.78, 5) is 5.67. The Balaban J connectivity index is 1.28. The van der Waals surface area contributed by atoms with Crippen LogP contribution in [0.3, 0.4) is 0 Å². The number of fused-ring (bicyclic) bond motifs is 16. The number of pyridine rings is 1.